The maximum atomic E-state index is 11.0. The van der Waals surface area contributed by atoms with E-state index in [2.05, 4.69) is 34.6 Å². The number of nitrogens with one attached hydrogen (secondary N) is 2. The average Bonchev–Trinajstić information content (AvgIpc) is 2.47. The molecule has 1 unspecified atom stereocenters. The molecule has 2 N–H and O–H groups in total. The van der Waals surface area contributed by atoms with Crippen molar-refractivity contribution >= 4 is 11.6 Å². The van der Waals surface area contributed by atoms with Gasteiger partial charge in [-0.05, 0) is 50.6 Å². The quantitative estimate of drug-likeness (QED) is 0.846. The zero-order valence-electron chi connectivity index (χ0n) is 13.2. The number of hydrogen-bond acceptors (Lipinski definition) is 3. The minimum Gasteiger partial charge on any atom is -0.326 e. The molecule has 0 spiro atoms. The molecule has 4 nitrogen and oxygen atoms in total. The van der Waals surface area contributed by atoms with Gasteiger partial charge in [0.05, 0.1) is 0 Å². The van der Waals surface area contributed by atoms with Crippen LogP contribution in [0.25, 0.3) is 0 Å². The normalized spacial score (nSPS) is 17.4. The standard InChI is InChI=1S/C17H27N3O/c1-14(13-20-10-4-3-5-11-20)18-12-16-6-8-17(9-7-16)19-15(2)21/h6-9,14,18H,3-5,10-13H2,1-2H3,(H,19,21). The van der Waals surface area contributed by atoms with Gasteiger partial charge in [-0.3, -0.25) is 4.79 Å². The Bertz CT molecular complexity index is 438. The van der Waals surface area contributed by atoms with Crippen LogP contribution in [-0.2, 0) is 11.3 Å². The average molecular weight is 289 g/mol. The number of rotatable bonds is 6. The molecule has 1 fully saturated rings. The lowest BCUT2D eigenvalue weighted by atomic mass is 10.1. The van der Waals surface area contributed by atoms with Crippen LogP contribution in [-0.4, -0.2) is 36.5 Å². The molecule has 1 aromatic carbocycles. The summed E-state index contributed by atoms with van der Waals surface area (Å²) in [5, 5.41) is 6.36. The van der Waals surface area contributed by atoms with Crippen molar-refractivity contribution in [3.8, 4) is 0 Å². The van der Waals surface area contributed by atoms with Gasteiger partial charge in [-0.25, -0.2) is 0 Å². The van der Waals surface area contributed by atoms with Crippen LogP contribution in [0.3, 0.4) is 0 Å². The molecular formula is C17H27N3O. The lowest BCUT2D eigenvalue weighted by molar-refractivity contribution is -0.114. The summed E-state index contributed by atoms with van der Waals surface area (Å²) in [7, 11) is 0. The van der Waals surface area contributed by atoms with Gasteiger partial charge in [0.25, 0.3) is 0 Å². The molecule has 0 aliphatic carbocycles. The van der Waals surface area contributed by atoms with Crippen molar-refractivity contribution in [2.24, 2.45) is 0 Å². The fourth-order valence-corrected chi connectivity index (χ4v) is 2.80. The molecule has 0 aromatic heterocycles. The summed E-state index contributed by atoms with van der Waals surface area (Å²) in [5.41, 5.74) is 2.10. The topological polar surface area (TPSA) is 44.4 Å². The fraction of sp³-hybridized carbons (Fsp3) is 0.588. The Morgan fingerprint density at radius 2 is 1.86 bits per heavy atom. The molecule has 0 bridgehead atoms. The van der Waals surface area contributed by atoms with Crippen molar-refractivity contribution in [2.45, 2.75) is 45.7 Å². The van der Waals surface area contributed by atoms with Gasteiger partial charge in [0, 0.05) is 31.7 Å². The first-order chi connectivity index (χ1) is 10.1. The van der Waals surface area contributed by atoms with Gasteiger partial charge < -0.3 is 15.5 Å². The number of amides is 1. The van der Waals surface area contributed by atoms with E-state index in [1.54, 1.807) is 0 Å². The molecule has 4 heteroatoms. The second-order valence-corrected chi connectivity index (χ2v) is 6.02. The highest BCUT2D eigenvalue weighted by Crippen LogP contribution is 2.11. The lowest BCUT2D eigenvalue weighted by Crippen LogP contribution is -2.41. The second kappa shape index (κ2) is 8.15. The number of anilines is 1. The lowest BCUT2D eigenvalue weighted by Gasteiger charge is -2.29. The molecule has 1 aliphatic rings. The number of benzene rings is 1. The van der Waals surface area contributed by atoms with Crippen molar-refractivity contribution in [1.29, 1.82) is 0 Å². The van der Waals surface area contributed by atoms with Crippen molar-refractivity contribution in [3.63, 3.8) is 0 Å². The van der Waals surface area contributed by atoms with Crippen LogP contribution in [0.1, 0.15) is 38.7 Å². The van der Waals surface area contributed by atoms with E-state index in [4.69, 9.17) is 0 Å². The van der Waals surface area contributed by atoms with Crippen LogP contribution >= 0.6 is 0 Å². The van der Waals surface area contributed by atoms with Gasteiger partial charge in [0.2, 0.25) is 5.91 Å². The van der Waals surface area contributed by atoms with Crippen molar-refractivity contribution in [3.05, 3.63) is 29.8 Å². The first kappa shape index (κ1) is 16.0. The molecule has 1 atom stereocenters. The number of piperidine rings is 1. The zero-order valence-corrected chi connectivity index (χ0v) is 13.2. The Morgan fingerprint density at radius 3 is 2.48 bits per heavy atom. The van der Waals surface area contributed by atoms with Gasteiger partial charge in [0.15, 0.2) is 0 Å². The number of likely N-dealkylation sites (tertiary alicyclic amines) is 1. The Morgan fingerprint density at radius 1 is 1.19 bits per heavy atom. The molecule has 0 saturated carbocycles. The zero-order chi connectivity index (χ0) is 15.1. The van der Waals surface area contributed by atoms with Crippen LogP contribution in [0.15, 0.2) is 24.3 Å². The minimum atomic E-state index is -0.0315. The molecule has 1 aromatic rings. The number of hydrogen-bond donors (Lipinski definition) is 2. The highest BCUT2D eigenvalue weighted by Gasteiger charge is 2.12. The Balaban J connectivity index is 1.72. The highest BCUT2D eigenvalue weighted by atomic mass is 16.1. The molecule has 0 radical (unpaired) electrons. The number of carbonyl (C=O) groups excluding carboxylic acids is 1. The SMILES string of the molecule is CC(=O)Nc1ccc(CNC(C)CN2CCCCC2)cc1. The largest absolute Gasteiger partial charge is 0.326 e. The van der Waals surface area contributed by atoms with E-state index in [0.717, 1.165) is 18.8 Å². The van der Waals surface area contributed by atoms with Gasteiger partial charge in [-0.2, -0.15) is 0 Å². The smallest absolute Gasteiger partial charge is 0.221 e. The second-order valence-electron chi connectivity index (χ2n) is 6.02. The molecule has 1 aliphatic heterocycles. The molecule has 116 valence electrons. The predicted molar refractivity (Wildman–Crippen MR) is 87.3 cm³/mol. The Kier molecular flexibility index (Phi) is 6.21. The molecule has 1 amide bonds. The fourth-order valence-electron chi connectivity index (χ4n) is 2.80. The van der Waals surface area contributed by atoms with Gasteiger partial charge in [-0.1, -0.05) is 18.6 Å². The molecule has 21 heavy (non-hydrogen) atoms. The monoisotopic (exact) mass is 289 g/mol. The molecule has 1 heterocycles. The number of carbonyl (C=O) groups is 1. The van der Waals surface area contributed by atoms with E-state index in [1.165, 1.54) is 44.8 Å². The van der Waals surface area contributed by atoms with Crippen LogP contribution < -0.4 is 10.6 Å². The maximum absolute atomic E-state index is 11.0. The van der Waals surface area contributed by atoms with Gasteiger partial charge in [-0.15, -0.1) is 0 Å². The molecule has 2 rings (SSSR count). The van der Waals surface area contributed by atoms with Crippen molar-refractivity contribution < 1.29 is 4.79 Å². The summed E-state index contributed by atoms with van der Waals surface area (Å²) >= 11 is 0. The Labute approximate surface area is 127 Å². The van der Waals surface area contributed by atoms with Crippen LogP contribution in [0.5, 0.6) is 0 Å². The van der Waals surface area contributed by atoms with Crippen LogP contribution in [0.4, 0.5) is 5.69 Å². The third-order valence-electron chi connectivity index (χ3n) is 3.91. The van der Waals surface area contributed by atoms with E-state index in [1.807, 2.05) is 12.1 Å². The van der Waals surface area contributed by atoms with E-state index in [-0.39, 0.29) is 5.91 Å². The minimum absolute atomic E-state index is 0.0315. The summed E-state index contributed by atoms with van der Waals surface area (Å²) in [4.78, 5) is 13.5. The first-order valence-corrected chi connectivity index (χ1v) is 7.96. The predicted octanol–water partition coefficient (Wildman–Crippen LogP) is 2.61. The van der Waals surface area contributed by atoms with E-state index in [0.29, 0.717) is 6.04 Å². The summed E-state index contributed by atoms with van der Waals surface area (Å²) < 4.78 is 0. The summed E-state index contributed by atoms with van der Waals surface area (Å²) in [6, 6.07) is 8.53. The number of nitrogens with zero attached hydrogens (tertiary/aromatic N) is 1. The third kappa shape index (κ3) is 5.86. The first-order valence-electron chi connectivity index (χ1n) is 7.96. The highest BCUT2D eigenvalue weighted by molar-refractivity contribution is 5.88. The van der Waals surface area contributed by atoms with E-state index in [9.17, 15) is 4.79 Å². The van der Waals surface area contributed by atoms with Gasteiger partial charge >= 0.3 is 0 Å². The van der Waals surface area contributed by atoms with Crippen molar-refractivity contribution in [1.82, 2.24) is 10.2 Å². The molecule has 1 saturated heterocycles. The maximum Gasteiger partial charge on any atom is 0.221 e. The van der Waals surface area contributed by atoms with E-state index < -0.39 is 0 Å². The summed E-state index contributed by atoms with van der Waals surface area (Å²) in [6.07, 6.45) is 4.08. The summed E-state index contributed by atoms with van der Waals surface area (Å²) in [6.45, 7) is 8.27. The van der Waals surface area contributed by atoms with Crippen LogP contribution in [0, 0.1) is 0 Å². The third-order valence-corrected chi connectivity index (χ3v) is 3.91. The van der Waals surface area contributed by atoms with Crippen LogP contribution in [0.2, 0.25) is 0 Å². The molecular weight excluding hydrogens is 262 g/mol. The van der Waals surface area contributed by atoms with Crippen molar-refractivity contribution in [2.75, 3.05) is 25.0 Å². The van der Waals surface area contributed by atoms with Gasteiger partial charge in [0.1, 0.15) is 0 Å². The van der Waals surface area contributed by atoms with E-state index >= 15 is 0 Å². The summed E-state index contributed by atoms with van der Waals surface area (Å²) in [5.74, 6) is -0.0315. The Hall–Kier alpha value is -1.39.